The first-order chi connectivity index (χ1) is 3.79. The molecule has 0 unspecified atom stereocenters. The van der Waals surface area contributed by atoms with Gasteiger partial charge in [0.05, 0.1) is 0 Å². The summed E-state index contributed by atoms with van der Waals surface area (Å²) in [5.74, 6) is 0. The van der Waals surface area contributed by atoms with Gasteiger partial charge in [0.15, 0.2) is 0 Å². The predicted octanol–water partition coefficient (Wildman–Crippen LogP) is 3.15. The fourth-order valence-corrected chi connectivity index (χ4v) is 0.807. The van der Waals surface area contributed by atoms with E-state index in [2.05, 4.69) is 38.1 Å². The summed E-state index contributed by atoms with van der Waals surface area (Å²) >= 11 is 0. The molecule has 0 fully saturated rings. The van der Waals surface area contributed by atoms with Gasteiger partial charge in [-0.05, 0) is 13.8 Å². The molecule has 0 amide bonds. The summed E-state index contributed by atoms with van der Waals surface area (Å²) in [5.41, 5.74) is 2.68. The monoisotopic (exact) mass is 178 g/mol. The zero-order valence-electron chi connectivity index (χ0n) is 6.13. The van der Waals surface area contributed by atoms with Crippen molar-refractivity contribution in [2.75, 3.05) is 0 Å². The van der Waals surface area contributed by atoms with Crippen molar-refractivity contribution in [2.24, 2.45) is 0 Å². The topological polar surface area (TPSA) is 0 Å². The summed E-state index contributed by atoms with van der Waals surface area (Å²) in [5, 5.41) is 0. The van der Waals surface area contributed by atoms with Gasteiger partial charge < -0.3 is 0 Å². The quantitative estimate of drug-likeness (QED) is 0.573. The van der Waals surface area contributed by atoms with E-state index in [1.807, 2.05) is 0 Å². The Labute approximate surface area is 74.5 Å². The molecule has 0 nitrogen and oxygen atoms in total. The van der Waals surface area contributed by atoms with Crippen molar-refractivity contribution in [1.82, 2.24) is 0 Å². The minimum atomic E-state index is 0. The molecule has 0 bridgehead atoms. The Morgan fingerprint density at radius 3 is 1.50 bits per heavy atom. The van der Waals surface area contributed by atoms with Crippen LogP contribution in [0, 0.1) is 13.8 Å². The van der Waals surface area contributed by atoms with E-state index in [0.29, 0.717) is 0 Å². The summed E-state index contributed by atoms with van der Waals surface area (Å²) in [6, 6.07) is 8.45. The molecule has 0 N–H and O–H groups in total. The molecule has 0 spiro atoms. The first-order valence-corrected chi connectivity index (χ1v) is 2.82. The standard InChI is InChI=1S/C8H10.2ClH/c1-7-4-3-5-8(2)6-7;;/h3-6H,1-2H3;2*1H. The van der Waals surface area contributed by atoms with E-state index in [4.69, 9.17) is 0 Å². The van der Waals surface area contributed by atoms with Crippen molar-refractivity contribution in [3.8, 4) is 0 Å². The van der Waals surface area contributed by atoms with Crippen molar-refractivity contribution in [3.63, 3.8) is 0 Å². The molecular formula is C8H12Cl2. The summed E-state index contributed by atoms with van der Waals surface area (Å²) in [6.45, 7) is 4.21. The van der Waals surface area contributed by atoms with Crippen LogP contribution < -0.4 is 0 Å². The van der Waals surface area contributed by atoms with Crippen molar-refractivity contribution < 1.29 is 0 Å². The van der Waals surface area contributed by atoms with Crippen molar-refractivity contribution in [1.29, 1.82) is 0 Å². The van der Waals surface area contributed by atoms with Crippen molar-refractivity contribution in [3.05, 3.63) is 35.4 Å². The second-order valence-electron chi connectivity index (χ2n) is 2.16. The second kappa shape index (κ2) is 5.57. The molecule has 2 heteroatoms. The van der Waals surface area contributed by atoms with Crippen LogP contribution in [-0.2, 0) is 0 Å². The molecule has 1 aromatic rings. The zero-order chi connectivity index (χ0) is 5.98. The third kappa shape index (κ3) is 3.76. The number of halogens is 2. The van der Waals surface area contributed by atoms with Gasteiger partial charge >= 0.3 is 0 Å². The molecule has 0 radical (unpaired) electrons. The molecule has 58 valence electrons. The second-order valence-corrected chi connectivity index (χ2v) is 2.16. The zero-order valence-corrected chi connectivity index (χ0v) is 7.76. The maximum absolute atomic E-state index is 2.17. The third-order valence-electron chi connectivity index (χ3n) is 1.17. The average molecular weight is 179 g/mol. The Kier molecular flexibility index (Phi) is 6.95. The lowest BCUT2D eigenvalue weighted by Crippen LogP contribution is -1.71. The van der Waals surface area contributed by atoms with Crippen LogP contribution in [0.25, 0.3) is 0 Å². The fraction of sp³-hybridized carbons (Fsp3) is 0.250. The molecule has 0 aromatic heterocycles. The fourth-order valence-electron chi connectivity index (χ4n) is 0.807. The van der Waals surface area contributed by atoms with E-state index < -0.39 is 0 Å². The van der Waals surface area contributed by atoms with Gasteiger partial charge in [0.25, 0.3) is 0 Å². The lowest BCUT2D eigenvalue weighted by Gasteiger charge is -1.90. The maximum atomic E-state index is 2.17. The molecule has 0 saturated carbocycles. The van der Waals surface area contributed by atoms with Crippen molar-refractivity contribution in [2.45, 2.75) is 13.8 Å². The number of rotatable bonds is 0. The van der Waals surface area contributed by atoms with Gasteiger partial charge in [0, 0.05) is 0 Å². The van der Waals surface area contributed by atoms with Crippen LogP contribution in [0.4, 0.5) is 0 Å². The van der Waals surface area contributed by atoms with Crippen LogP contribution in [0.2, 0.25) is 0 Å². The average Bonchev–Trinajstić information content (AvgIpc) is 1.64. The normalized spacial score (nSPS) is 7.40. The Hall–Kier alpha value is -0.200. The number of aryl methyl sites for hydroxylation is 2. The van der Waals surface area contributed by atoms with E-state index in [9.17, 15) is 0 Å². The molecule has 0 heterocycles. The smallest absolute Gasteiger partial charge is 0.0398 e. The highest BCUT2D eigenvalue weighted by atomic mass is 35.5. The first-order valence-electron chi connectivity index (χ1n) is 2.82. The molecule has 0 aliphatic rings. The molecular weight excluding hydrogens is 167 g/mol. The minimum absolute atomic E-state index is 0. The SMILES string of the molecule is Cc1cccc(C)c1.Cl.Cl. The maximum Gasteiger partial charge on any atom is -0.0398 e. The van der Waals surface area contributed by atoms with Crippen LogP contribution in [-0.4, -0.2) is 0 Å². The molecule has 0 atom stereocenters. The Morgan fingerprint density at radius 2 is 1.30 bits per heavy atom. The number of benzene rings is 1. The van der Waals surface area contributed by atoms with Crippen LogP contribution in [0.1, 0.15) is 11.1 Å². The van der Waals surface area contributed by atoms with Gasteiger partial charge in [-0.2, -0.15) is 0 Å². The van der Waals surface area contributed by atoms with Crippen LogP contribution >= 0.6 is 24.8 Å². The third-order valence-corrected chi connectivity index (χ3v) is 1.17. The lowest BCUT2D eigenvalue weighted by molar-refractivity contribution is 1.39. The Bertz CT molecular complexity index is 167. The molecule has 1 rings (SSSR count). The van der Waals surface area contributed by atoms with Crippen LogP contribution in [0.3, 0.4) is 0 Å². The Balaban J connectivity index is 0. The van der Waals surface area contributed by atoms with Gasteiger partial charge in [-0.1, -0.05) is 35.4 Å². The summed E-state index contributed by atoms with van der Waals surface area (Å²) in [4.78, 5) is 0. The van der Waals surface area contributed by atoms with E-state index in [1.165, 1.54) is 11.1 Å². The van der Waals surface area contributed by atoms with E-state index in [1.54, 1.807) is 0 Å². The molecule has 0 aliphatic carbocycles. The van der Waals surface area contributed by atoms with Crippen LogP contribution in [0.5, 0.6) is 0 Å². The molecule has 10 heavy (non-hydrogen) atoms. The summed E-state index contributed by atoms with van der Waals surface area (Å²) < 4.78 is 0. The molecule has 0 aliphatic heterocycles. The molecule has 1 aromatic carbocycles. The molecule has 0 saturated heterocycles. The summed E-state index contributed by atoms with van der Waals surface area (Å²) in [7, 11) is 0. The van der Waals surface area contributed by atoms with Crippen LogP contribution in [0.15, 0.2) is 24.3 Å². The highest BCUT2D eigenvalue weighted by Gasteiger charge is 1.80. The van der Waals surface area contributed by atoms with Gasteiger partial charge in [0.2, 0.25) is 0 Å². The lowest BCUT2D eigenvalue weighted by atomic mass is 10.2. The Morgan fingerprint density at radius 1 is 0.900 bits per heavy atom. The minimum Gasteiger partial charge on any atom is -0.147 e. The highest BCUT2D eigenvalue weighted by molar-refractivity contribution is 5.85. The first kappa shape index (κ1) is 12.5. The predicted molar refractivity (Wildman–Crippen MR) is 50.4 cm³/mol. The van der Waals surface area contributed by atoms with E-state index in [-0.39, 0.29) is 24.8 Å². The highest BCUT2D eigenvalue weighted by Crippen LogP contribution is 2.00. The van der Waals surface area contributed by atoms with E-state index in [0.717, 1.165) is 0 Å². The van der Waals surface area contributed by atoms with Gasteiger partial charge in [0.1, 0.15) is 0 Å². The summed E-state index contributed by atoms with van der Waals surface area (Å²) in [6.07, 6.45) is 0. The van der Waals surface area contributed by atoms with Gasteiger partial charge in [-0.15, -0.1) is 24.8 Å². The number of hydrogen-bond donors (Lipinski definition) is 0. The van der Waals surface area contributed by atoms with Gasteiger partial charge in [-0.25, -0.2) is 0 Å². The largest absolute Gasteiger partial charge is 0.147 e. The number of hydrogen-bond acceptors (Lipinski definition) is 0. The van der Waals surface area contributed by atoms with Gasteiger partial charge in [-0.3, -0.25) is 0 Å². The van der Waals surface area contributed by atoms with E-state index >= 15 is 0 Å². The van der Waals surface area contributed by atoms with Crippen molar-refractivity contribution >= 4 is 24.8 Å².